The molecule has 0 aliphatic rings. The van der Waals surface area contributed by atoms with E-state index in [0.29, 0.717) is 10.6 Å². The second kappa shape index (κ2) is 4.44. The Hall–Kier alpha value is -2.26. The van der Waals surface area contributed by atoms with Crippen molar-refractivity contribution in [2.45, 2.75) is 0 Å². The summed E-state index contributed by atoms with van der Waals surface area (Å²) in [5, 5.41) is 10.8. The molecule has 0 bridgehead atoms. The van der Waals surface area contributed by atoms with E-state index in [1.807, 2.05) is 24.4 Å². The molecule has 0 atom stereocenters. The predicted octanol–water partition coefficient (Wildman–Crippen LogP) is 4.19. The first kappa shape index (κ1) is 11.8. The average molecular weight is 272 g/mol. The second-order valence-electron chi connectivity index (χ2n) is 4.24. The van der Waals surface area contributed by atoms with Gasteiger partial charge in [0.25, 0.3) is 0 Å². The number of benzene rings is 2. The SMILES string of the molecule is O=C(O)c1ccccc1-c1c[nH]c2ccc(Cl)cc12. The summed E-state index contributed by atoms with van der Waals surface area (Å²) in [6.07, 6.45) is 1.81. The molecule has 0 amide bonds. The summed E-state index contributed by atoms with van der Waals surface area (Å²) in [5.41, 5.74) is 2.74. The largest absolute Gasteiger partial charge is 0.478 e. The Morgan fingerprint density at radius 3 is 2.68 bits per heavy atom. The molecule has 1 heterocycles. The van der Waals surface area contributed by atoms with Crippen LogP contribution in [0.15, 0.2) is 48.7 Å². The minimum absolute atomic E-state index is 0.281. The number of rotatable bonds is 2. The highest BCUT2D eigenvalue weighted by atomic mass is 35.5. The van der Waals surface area contributed by atoms with Crippen molar-refractivity contribution in [2.24, 2.45) is 0 Å². The van der Waals surface area contributed by atoms with E-state index in [9.17, 15) is 9.90 Å². The summed E-state index contributed by atoms with van der Waals surface area (Å²) in [6.45, 7) is 0. The molecule has 0 aliphatic carbocycles. The summed E-state index contributed by atoms with van der Waals surface area (Å²) in [5.74, 6) is -0.938. The average Bonchev–Trinajstić information content (AvgIpc) is 2.81. The van der Waals surface area contributed by atoms with Crippen LogP contribution in [0.1, 0.15) is 10.4 Å². The minimum atomic E-state index is -0.938. The molecule has 0 aliphatic heterocycles. The third-order valence-electron chi connectivity index (χ3n) is 3.09. The number of carboxylic acid groups (broad SMARTS) is 1. The second-order valence-corrected chi connectivity index (χ2v) is 4.68. The van der Waals surface area contributed by atoms with Crippen LogP contribution in [-0.4, -0.2) is 16.1 Å². The molecule has 2 N–H and O–H groups in total. The molecule has 0 spiro atoms. The Balaban J connectivity index is 2.31. The van der Waals surface area contributed by atoms with Gasteiger partial charge in [-0.05, 0) is 29.8 Å². The van der Waals surface area contributed by atoms with Crippen molar-refractivity contribution in [1.29, 1.82) is 0 Å². The first-order valence-electron chi connectivity index (χ1n) is 5.76. The third kappa shape index (κ3) is 1.98. The zero-order valence-corrected chi connectivity index (χ0v) is 10.6. The first-order valence-corrected chi connectivity index (χ1v) is 6.14. The van der Waals surface area contributed by atoms with Crippen LogP contribution in [0.25, 0.3) is 22.0 Å². The number of nitrogens with one attached hydrogen (secondary N) is 1. The van der Waals surface area contributed by atoms with E-state index < -0.39 is 5.97 Å². The lowest BCUT2D eigenvalue weighted by molar-refractivity contribution is 0.0698. The van der Waals surface area contributed by atoms with Crippen LogP contribution in [0.4, 0.5) is 0 Å². The molecule has 1 aromatic heterocycles. The standard InChI is InChI=1S/C15H10ClNO2/c16-9-5-6-14-12(7-9)13(8-17-14)10-3-1-2-4-11(10)15(18)19/h1-8,17H,(H,18,19). The quantitative estimate of drug-likeness (QED) is 0.734. The molecule has 0 fully saturated rings. The van der Waals surface area contributed by atoms with Gasteiger partial charge in [0, 0.05) is 27.7 Å². The smallest absolute Gasteiger partial charge is 0.336 e. The van der Waals surface area contributed by atoms with Crippen molar-refractivity contribution in [2.75, 3.05) is 0 Å². The van der Waals surface area contributed by atoms with Crippen molar-refractivity contribution in [3.05, 3.63) is 59.2 Å². The Labute approximate surface area is 114 Å². The normalized spacial score (nSPS) is 10.8. The van der Waals surface area contributed by atoms with Crippen LogP contribution in [0.3, 0.4) is 0 Å². The zero-order chi connectivity index (χ0) is 13.4. The number of aromatic amines is 1. The molecule has 3 aromatic rings. The maximum atomic E-state index is 11.3. The molecule has 3 rings (SSSR count). The molecule has 0 saturated heterocycles. The molecule has 19 heavy (non-hydrogen) atoms. The molecule has 2 aromatic carbocycles. The summed E-state index contributed by atoms with van der Waals surface area (Å²) in [4.78, 5) is 14.4. The highest BCUT2D eigenvalue weighted by molar-refractivity contribution is 6.31. The van der Waals surface area contributed by atoms with Crippen molar-refractivity contribution < 1.29 is 9.90 Å². The molecular weight excluding hydrogens is 262 g/mol. The Bertz CT molecular complexity index is 777. The summed E-state index contributed by atoms with van der Waals surface area (Å²) < 4.78 is 0. The lowest BCUT2D eigenvalue weighted by Gasteiger charge is -2.04. The number of aromatic nitrogens is 1. The van der Waals surface area contributed by atoms with Crippen molar-refractivity contribution in [3.63, 3.8) is 0 Å². The van der Waals surface area contributed by atoms with Crippen molar-refractivity contribution >= 4 is 28.5 Å². The van der Waals surface area contributed by atoms with E-state index in [1.54, 1.807) is 24.3 Å². The molecular formula is C15H10ClNO2. The highest BCUT2D eigenvalue weighted by Crippen LogP contribution is 2.32. The number of hydrogen-bond acceptors (Lipinski definition) is 1. The van der Waals surface area contributed by atoms with Gasteiger partial charge < -0.3 is 10.1 Å². The lowest BCUT2D eigenvalue weighted by atomic mass is 9.99. The first-order chi connectivity index (χ1) is 9.16. The van der Waals surface area contributed by atoms with Gasteiger partial charge in [-0.3, -0.25) is 0 Å². The number of hydrogen-bond donors (Lipinski definition) is 2. The molecule has 0 unspecified atom stereocenters. The molecule has 0 saturated carbocycles. The fourth-order valence-corrected chi connectivity index (χ4v) is 2.39. The van der Waals surface area contributed by atoms with Crippen LogP contribution in [-0.2, 0) is 0 Å². The monoisotopic (exact) mass is 271 g/mol. The van der Waals surface area contributed by atoms with Gasteiger partial charge in [0.15, 0.2) is 0 Å². The minimum Gasteiger partial charge on any atom is -0.478 e. The fourth-order valence-electron chi connectivity index (χ4n) is 2.22. The number of carboxylic acids is 1. The van der Waals surface area contributed by atoms with E-state index in [-0.39, 0.29) is 5.56 Å². The molecule has 3 nitrogen and oxygen atoms in total. The Morgan fingerprint density at radius 2 is 1.89 bits per heavy atom. The number of halogens is 1. The molecule has 0 radical (unpaired) electrons. The van der Waals surface area contributed by atoms with Crippen LogP contribution in [0.2, 0.25) is 5.02 Å². The maximum absolute atomic E-state index is 11.3. The van der Waals surface area contributed by atoms with Crippen molar-refractivity contribution in [3.8, 4) is 11.1 Å². The van der Waals surface area contributed by atoms with Crippen molar-refractivity contribution in [1.82, 2.24) is 4.98 Å². The van der Waals surface area contributed by atoms with Crippen LogP contribution >= 0.6 is 11.6 Å². The maximum Gasteiger partial charge on any atom is 0.336 e. The third-order valence-corrected chi connectivity index (χ3v) is 3.33. The summed E-state index contributed by atoms with van der Waals surface area (Å²) >= 11 is 6.01. The van der Waals surface area contributed by atoms with Gasteiger partial charge in [0.05, 0.1) is 5.56 Å². The van der Waals surface area contributed by atoms with Gasteiger partial charge in [-0.1, -0.05) is 29.8 Å². The van der Waals surface area contributed by atoms with E-state index in [4.69, 9.17) is 11.6 Å². The van der Waals surface area contributed by atoms with Crippen LogP contribution in [0.5, 0.6) is 0 Å². The summed E-state index contributed by atoms with van der Waals surface area (Å²) in [6, 6.07) is 12.5. The Morgan fingerprint density at radius 1 is 1.11 bits per heavy atom. The number of aromatic carboxylic acids is 1. The Kier molecular flexibility index (Phi) is 2.76. The van der Waals surface area contributed by atoms with Gasteiger partial charge >= 0.3 is 5.97 Å². The van der Waals surface area contributed by atoms with E-state index in [1.165, 1.54) is 0 Å². The van der Waals surface area contributed by atoms with Gasteiger partial charge in [0.1, 0.15) is 0 Å². The van der Waals surface area contributed by atoms with E-state index in [0.717, 1.165) is 16.5 Å². The van der Waals surface area contributed by atoms with E-state index >= 15 is 0 Å². The predicted molar refractivity (Wildman–Crippen MR) is 75.7 cm³/mol. The number of fused-ring (bicyclic) bond motifs is 1. The van der Waals surface area contributed by atoms with Gasteiger partial charge in [0.2, 0.25) is 0 Å². The van der Waals surface area contributed by atoms with E-state index in [2.05, 4.69) is 4.98 Å². The molecule has 4 heteroatoms. The van der Waals surface area contributed by atoms with Crippen LogP contribution in [0, 0.1) is 0 Å². The lowest BCUT2D eigenvalue weighted by Crippen LogP contribution is -1.98. The van der Waals surface area contributed by atoms with Gasteiger partial charge in [-0.2, -0.15) is 0 Å². The number of H-pyrrole nitrogens is 1. The zero-order valence-electron chi connectivity index (χ0n) is 9.85. The number of carbonyl (C=O) groups is 1. The van der Waals surface area contributed by atoms with Gasteiger partial charge in [-0.25, -0.2) is 4.79 Å². The highest BCUT2D eigenvalue weighted by Gasteiger charge is 2.14. The summed E-state index contributed by atoms with van der Waals surface area (Å²) in [7, 11) is 0. The fraction of sp³-hybridized carbons (Fsp3) is 0. The van der Waals surface area contributed by atoms with Gasteiger partial charge in [-0.15, -0.1) is 0 Å². The van der Waals surface area contributed by atoms with Crippen LogP contribution < -0.4 is 0 Å². The molecule has 94 valence electrons. The topological polar surface area (TPSA) is 53.1 Å².